The second-order valence-electron chi connectivity index (χ2n) is 6.91. The first kappa shape index (κ1) is 22.8. The smallest absolute Gasteiger partial charge is 0.414 e. The van der Waals surface area contributed by atoms with Gasteiger partial charge in [-0.05, 0) is 35.9 Å². The third-order valence-corrected chi connectivity index (χ3v) is 4.56. The molecule has 0 radical (unpaired) electrons. The Balaban J connectivity index is 1.50. The first-order chi connectivity index (χ1) is 14.9. The largest absolute Gasteiger partial charge is 0.493 e. The number of methoxy groups -OCH3 is 1. The Labute approximate surface area is 177 Å². The SMILES string of the molecule is COCC1CN(c2ccc(OCCC(OCc3cccnc3)C(F)(F)F)cc2)C(=O)O1. The average molecular weight is 440 g/mol. The Morgan fingerprint density at radius 2 is 2.03 bits per heavy atom. The van der Waals surface area contributed by atoms with Crippen LogP contribution in [0.15, 0.2) is 48.8 Å². The Hall–Kier alpha value is -2.85. The second-order valence-corrected chi connectivity index (χ2v) is 6.91. The highest BCUT2D eigenvalue weighted by Gasteiger charge is 2.40. The maximum Gasteiger partial charge on any atom is 0.414 e. The number of amides is 1. The van der Waals surface area contributed by atoms with Crippen molar-refractivity contribution in [2.45, 2.75) is 31.4 Å². The molecular weight excluding hydrogens is 417 g/mol. The molecule has 1 fully saturated rings. The van der Waals surface area contributed by atoms with Crippen LogP contribution in [0.3, 0.4) is 0 Å². The van der Waals surface area contributed by atoms with Gasteiger partial charge in [0.2, 0.25) is 0 Å². The van der Waals surface area contributed by atoms with Crippen molar-refractivity contribution < 1.29 is 36.9 Å². The molecule has 2 atom stereocenters. The van der Waals surface area contributed by atoms with Gasteiger partial charge in [-0.15, -0.1) is 0 Å². The van der Waals surface area contributed by atoms with E-state index in [0.29, 0.717) is 30.2 Å². The van der Waals surface area contributed by atoms with Crippen LogP contribution in [0.5, 0.6) is 5.75 Å². The second kappa shape index (κ2) is 10.5. The molecule has 0 bridgehead atoms. The number of cyclic esters (lactones) is 1. The Morgan fingerprint density at radius 3 is 2.68 bits per heavy atom. The number of halogens is 3. The van der Waals surface area contributed by atoms with Crippen LogP contribution in [0.4, 0.5) is 23.7 Å². The van der Waals surface area contributed by atoms with Gasteiger partial charge < -0.3 is 18.9 Å². The van der Waals surface area contributed by atoms with Gasteiger partial charge in [0, 0.05) is 31.6 Å². The van der Waals surface area contributed by atoms with Crippen molar-refractivity contribution in [3.63, 3.8) is 0 Å². The first-order valence-corrected chi connectivity index (χ1v) is 9.64. The van der Waals surface area contributed by atoms with E-state index in [1.165, 1.54) is 24.4 Å². The predicted octanol–water partition coefficient (Wildman–Crippen LogP) is 3.97. The van der Waals surface area contributed by atoms with Crippen LogP contribution in [-0.4, -0.2) is 56.3 Å². The standard InChI is InChI=1S/C21H23F3N2O5/c1-28-14-18-12-26(20(27)31-18)16-4-6-17(7-5-16)29-10-8-19(21(22,23)24)30-13-15-3-2-9-25-11-15/h2-7,9,11,18-19H,8,10,12-14H2,1H3. The molecule has 2 unspecified atom stereocenters. The summed E-state index contributed by atoms with van der Waals surface area (Å²) in [4.78, 5) is 17.3. The number of nitrogens with zero attached hydrogens (tertiary/aromatic N) is 2. The number of carbonyl (C=O) groups excluding carboxylic acids is 1. The maximum atomic E-state index is 13.2. The summed E-state index contributed by atoms with van der Waals surface area (Å²) < 4.78 is 60.4. The van der Waals surface area contributed by atoms with Gasteiger partial charge in [0.1, 0.15) is 11.9 Å². The van der Waals surface area contributed by atoms with Gasteiger partial charge >= 0.3 is 12.3 Å². The third-order valence-electron chi connectivity index (χ3n) is 4.56. The molecule has 1 aliphatic heterocycles. The summed E-state index contributed by atoms with van der Waals surface area (Å²) in [6, 6.07) is 9.74. The number of carbonyl (C=O) groups is 1. The molecule has 10 heteroatoms. The molecule has 168 valence electrons. The average Bonchev–Trinajstić information content (AvgIpc) is 3.11. The third kappa shape index (κ3) is 6.56. The summed E-state index contributed by atoms with van der Waals surface area (Å²) in [5.41, 5.74) is 1.16. The number of rotatable bonds is 10. The molecule has 7 nitrogen and oxygen atoms in total. The van der Waals surface area contributed by atoms with Crippen molar-refractivity contribution in [2.24, 2.45) is 0 Å². The molecule has 0 saturated carbocycles. The van der Waals surface area contributed by atoms with Crippen molar-refractivity contribution in [3.8, 4) is 5.75 Å². The lowest BCUT2D eigenvalue weighted by molar-refractivity contribution is -0.226. The van der Waals surface area contributed by atoms with Crippen LogP contribution in [-0.2, 0) is 20.8 Å². The lowest BCUT2D eigenvalue weighted by Gasteiger charge is -2.21. The van der Waals surface area contributed by atoms with Gasteiger partial charge in [-0.1, -0.05) is 6.07 Å². The van der Waals surface area contributed by atoms with E-state index in [2.05, 4.69) is 4.98 Å². The Bertz CT molecular complexity index is 833. The van der Waals surface area contributed by atoms with Crippen molar-refractivity contribution >= 4 is 11.8 Å². The number of hydrogen-bond donors (Lipinski definition) is 0. The minimum atomic E-state index is -4.51. The fourth-order valence-electron chi connectivity index (χ4n) is 3.03. The fourth-order valence-corrected chi connectivity index (χ4v) is 3.03. The number of anilines is 1. The predicted molar refractivity (Wildman–Crippen MR) is 105 cm³/mol. The quantitative estimate of drug-likeness (QED) is 0.557. The summed E-state index contributed by atoms with van der Waals surface area (Å²) >= 11 is 0. The van der Waals surface area contributed by atoms with Crippen LogP contribution < -0.4 is 9.64 Å². The van der Waals surface area contributed by atoms with Gasteiger partial charge in [-0.25, -0.2) is 4.79 Å². The minimum Gasteiger partial charge on any atom is -0.493 e. The summed E-state index contributed by atoms with van der Waals surface area (Å²) in [7, 11) is 1.52. The molecule has 1 aliphatic rings. The van der Waals surface area contributed by atoms with Crippen molar-refractivity contribution in [1.29, 1.82) is 0 Å². The zero-order valence-corrected chi connectivity index (χ0v) is 16.9. The van der Waals surface area contributed by atoms with E-state index in [1.54, 1.807) is 36.4 Å². The highest BCUT2D eigenvalue weighted by Crippen LogP contribution is 2.28. The van der Waals surface area contributed by atoms with Crippen LogP contribution in [0.1, 0.15) is 12.0 Å². The number of hydrogen-bond acceptors (Lipinski definition) is 6. The van der Waals surface area contributed by atoms with Crippen LogP contribution in [0.25, 0.3) is 0 Å². The Morgan fingerprint density at radius 1 is 1.26 bits per heavy atom. The topological polar surface area (TPSA) is 70.1 Å². The van der Waals surface area contributed by atoms with Gasteiger partial charge in [0.05, 0.1) is 26.4 Å². The molecule has 2 aromatic rings. The van der Waals surface area contributed by atoms with Crippen LogP contribution in [0, 0.1) is 0 Å². The van der Waals surface area contributed by atoms with Crippen LogP contribution in [0.2, 0.25) is 0 Å². The highest BCUT2D eigenvalue weighted by atomic mass is 19.4. The molecule has 1 amide bonds. The fraction of sp³-hybridized carbons (Fsp3) is 0.429. The molecule has 0 aliphatic carbocycles. The first-order valence-electron chi connectivity index (χ1n) is 9.64. The zero-order valence-electron chi connectivity index (χ0n) is 16.9. The van der Waals surface area contributed by atoms with Crippen molar-refractivity contribution in [3.05, 3.63) is 54.4 Å². The van der Waals surface area contributed by atoms with E-state index in [0.717, 1.165) is 0 Å². The summed E-state index contributed by atoms with van der Waals surface area (Å²) in [6.45, 7) is 0.280. The van der Waals surface area contributed by atoms with Gasteiger partial charge in [-0.2, -0.15) is 13.2 Å². The molecule has 0 N–H and O–H groups in total. The normalized spacial score (nSPS) is 17.5. The maximum absolute atomic E-state index is 13.2. The monoisotopic (exact) mass is 440 g/mol. The number of ether oxygens (including phenoxy) is 4. The molecule has 31 heavy (non-hydrogen) atoms. The lowest BCUT2D eigenvalue weighted by Crippen LogP contribution is -2.33. The number of alkyl halides is 3. The summed E-state index contributed by atoms with van der Waals surface area (Å²) in [6.07, 6.45) is -4.65. The van der Waals surface area contributed by atoms with E-state index in [1.807, 2.05) is 0 Å². The summed E-state index contributed by atoms with van der Waals surface area (Å²) in [5.74, 6) is 0.387. The molecule has 2 heterocycles. The molecule has 3 rings (SSSR count). The van der Waals surface area contributed by atoms with Crippen molar-refractivity contribution in [1.82, 2.24) is 4.98 Å². The van der Waals surface area contributed by atoms with Crippen molar-refractivity contribution in [2.75, 3.05) is 31.8 Å². The number of benzene rings is 1. The van der Waals surface area contributed by atoms with E-state index >= 15 is 0 Å². The van der Waals surface area contributed by atoms with Gasteiger partial charge in [-0.3, -0.25) is 9.88 Å². The number of aromatic nitrogens is 1. The van der Waals surface area contributed by atoms with E-state index in [-0.39, 0.29) is 25.7 Å². The van der Waals surface area contributed by atoms with Crippen LogP contribution >= 0.6 is 0 Å². The Kier molecular flexibility index (Phi) is 7.69. The molecule has 1 aromatic carbocycles. The van der Waals surface area contributed by atoms with Gasteiger partial charge in [0.15, 0.2) is 6.10 Å². The molecule has 1 saturated heterocycles. The molecular formula is C21H23F3N2O5. The molecule has 1 aromatic heterocycles. The summed E-state index contributed by atoms with van der Waals surface area (Å²) in [5, 5.41) is 0. The number of pyridine rings is 1. The highest BCUT2D eigenvalue weighted by molar-refractivity contribution is 5.89. The van der Waals surface area contributed by atoms with E-state index in [4.69, 9.17) is 18.9 Å². The minimum absolute atomic E-state index is 0.182. The van der Waals surface area contributed by atoms with E-state index < -0.39 is 18.4 Å². The molecule has 0 spiro atoms. The zero-order chi connectivity index (χ0) is 22.3. The van der Waals surface area contributed by atoms with Gasteiger partial charge in [0.25, 0.3) is 0 Å². The van der Waals surface area contributed by atoms with E-state index in [9.17, 15) is 18.0 Å². The lowest BCUT2D eigenvalue weighted by atomic mass is 10.2.